The van der Waals surface area contributed by atoms with Gasteiger partial charge in [-0.2, -0.15) is 5.10 Å². The predicted molar refractivity (Wildman–Crippen MR) is 78.7 cm³/mol. The smallest absolute Gasteiger partial charge is 0.224 e. The summed E-state index contributed by atoms with van der Waals surface area (Å²) in [7, 11) is 0. The Kier molecular flexibility index (Phi) is 4.90. The van der Waals surface area contributed by atoms with Gasteiger partial charge in [-0.05, 0) is 23.6 Å². The van der Waals surface area contributed by atoms with Crippen LogP contribution in [0.4, 0.5) is 0 Å². The summed E-state index contributed by atoms with van der Waals surface area (Å²) in [5, 5.41) is 9.76. The number of benzene rings is 1. The molecule has 0 spiro atoms. The van der Waals surface area contributed by atoms with Crippen LogP contribution in [-0.2, 0) is 11.3 Å². The second kappa shape index (κ2) is 6.86. The number of nitrogens with one attached hydrogen (secondary N) is 2. The minimum atomic E-state index is -0.0979. The zero-order valence-electron chi connectivity index (χ0n) is 11.6. The van der Waals surface area contributed by atoms with Crippen molar-refractivity contribution in [3.05, 3.63) is 42.1 Å². The van der Waals surface area contributed by atoms with E-state index in [-0.39, 0.29) is 11.8 Å². The standard InChI is InChI=1S/C15H20N4O/c1-2-12(9-16)15(20)17-10-11-3-5-13(6-4-11)14-7-8-18-19-14/h3-8,12H,2,9-10,16H2,1H3,(H,17,20)(H,18,19). The number of nitrogens with zero attached hydrogens (tertiary/aromatic N) is 1. The van der Waals surface area contributed by atoms with Crippen molar-refractivity contribution in [2.45, 2.75) is 19.9 Å². The fourth-order valence-corrected chi connectivity index (χ4v) is 2.01. The number of aromatic nitrogens is 2. The molecule has 1 atom stereocenters. The Morgan fingerprint density at radius 2 is 2.10 bits per heavy atom. The highest BCUT2D eigenvalue weighted by Crippen LogP contribution is 2.16. The lowest BCUT2D eigenvalue weighted by Gasteiger charge is -2.12. The van der Waals surface area contributed by atoms with E-state index in [1.165, 1.54) is 0 Å². The Morgan fingerprint density at radius 1 is 1.35 bits per heavy atom. The lowest BCUT2D eigenvalue weighted by Crippen LogP contribution is -2.34. The second-order valence-corrected chi connectivity index (χ2v) is 4.73. The third kappa shape index (κ3) is 3.45. The van der Waals surface area contributed by atoms with E-state index in [4.69, 9.17) is 5.73 Å². The van der Waals surface area contributed by atoms with Crippen LogP contribution in [0.3, 0.4) is 0 Å². The average Bonchev–Trinajstić information content (AvgIpc) is 3.01. The number of rotatable bonds is 6. The first-order valence-corrected chi connectivity index (χ1v) is 6.81. The van der Waals surface area contributed by atoms with Crippen LogP contribution < -0.4 is 11.1 Å². The maximum Gasteiger partial charge on any atom is 0.224 e. The van der Waals surface area contributed by atoms with Crippen LogP contribution >= 0.6 is 0 Å². The highest BCUT2D eigenvalue weighted by Gasteiger charge is 2.13. The van der Waals surface area contributed by atoms with Crippen LogP contribution in [-0.4, -0.2) is 22.6 Å². The molecule has 0 aliphatic carbocycles. The maximum absolute atomic E-state index is 11.8. The Bertz CT molecular complexity index is 530. The van der Waals surface area contributed by atoms with E-state index in [1.54, 1.807) is 6.20 Å². The first-order valence-electron chi connectivity index (χ1n) is 6.81. The van der Waals surface area contributed by atoms with Crippen molar-refractivity contribution in [2.75, 3.05) is 6.54 Å². The molecule has 0 fully saturated rings. The normalized spacial score (nSPS) is 12.1. The maximum atomic E-state index is 11.8. The minimum absolute atomic E-state index is 0.0210. The molecule has 1 aromatic carbocycles. The Labute approximate surface area is 118 Å². The van der Waals surface area contributed by atoms with Gasteiger partial charge in [-0.1, -0.05) is 31.2 Å². The lowest BCUT2D eigenvalue weighted by molar-refractivity contribution is -0.124. The molecule has 106 valence electrons. The van der Waals surface area contributed by atoms with Crippen molar-refractivity contribution in [3.8, 4) is 11.3 Å². The number of hydrogen-bond donors (Lipinski definition) is 3. The van der Waals surface area contributed by atoms with Crippen LogP contribution in [0.2, 0.25) is 0 Å². The second-order valence-electron chi connectivity index (χ2n) is 4.73. The van der Waals surface area contributed by atoms with Crippen LogP contribution in [0, 0.1) is 5.92 Å². The Hall–Kier alpha value is -2.14. The molecule has 20 heavy (non-hydrogen) atoms. The van der Waals surface area contributed by atoms with E-state index in [1.807, 2.05) is 37.3 Å². The van der Waals surface area contributed by atoms with Crippen molar-refractivity contribution in [2.24, 2.45) is 11.7 Å². The number of aromatic amines is 1. The summed E-state index contributed by atoms with van der Waals surface area (Å²) in [4.78, 5) is 11.8. The SMILES string of the molecule is CCC(CN)C(=O)NCc1ccc(-c2ccn[nH]2)cc1. The summed E-state index contributed by atoms with van der Waals surface area (Å²) < 4.78 is 0. The zero-order chi connectivity index (χ0) is 14.4. The van der Waals surface area contributed by atoms with Gasteiger partial charge in [0.2, 0.25) is 5.91 Å². The number of amides is 1. The van der Waals surface area contributed by atoms with Gasteiger partial charge < -0.3 is 11.1 Å². The molecule has 1 aromatic heterocycles. The molecule has 0 radical (unpaired) electrons. The highest BCUT2D eigenvalue weighted by molar-refractivity contribution is 5.78. The third-order valence-electron chi connectivity index (χ3n) is 3.38. The molecule has 5 nitrogen and oxygen atoms in total. The summed E-state index contributed by atoms with van der Waals surface area (Å²) in [5.41, 5.74) is 8.68. The molecule has 5 heteroatoms. The number of hydrogen-bond acceptors (Lipinski definition) is 3. The molecule has 1 amide bonds. The van der Waals surface area contributed by atoms with E-state index in [0.717, 1.165) is 23.2 Å². The minimum Gasteiger partial charge on any atom is -0.352 e. The molecule has 0 aliphatic rings. The molecule has 4 N–H and O–H groups in total. The topological polar surface area (TPSA) is 83.8 Å². The quantitative estimate of drug-likeness (QED) is 0.748. The monoisotopic (exact) mass is 272 g/mol. The van der Waals surface area contributed by atoms with E-state index in [2.05, 4.69) is 15.5 Å². The summed E-state index contributed by atoms with van der Waals surface area (Å²) in [6, 6.07) is 9.94. The summed E-state index contributed by atoms with van der Waals surface area (Å²) in [5.74, 6) is -0.0769. The summed E-state index contributed by atoms with van der Waals surface area (Å²) >= 11 is 0. The van der Waals surface area contributed by atoms with Crippen LogP contribution in [0.5, 0.6) is 0 Å². The number of carbonyl (C=O) groups is 1. The van der Waals surface area contributed by atoms with Crippen molar-refractivity contribution in [1.29, 1.82) is 0 Å². The van der Waals surface area contributed by atoms with Gasteiger partial charge in [0.1, 0.15) is 0 Å². The van der Waals surface area contributed by atoms with E-state index in [9.17, 15) is 4.79 Å². The molecular weight excluding hydrogens is 252 g/mol. The average molecular weight is 272 g/mol. The Balaban J connectivity index is 1.93. The van der Waals surface area contributed by atoms with Gasteiger partial charge >= 0.3 is 0 Å². The van der Waals surface area contributed by atoms with Crippen molar-refractivity contribution in [1.82, 2.24) is 15.5 Å². The molecule has 0 aliphatic heterocycles. The number of nitrogens with two attached hydrogens (primary N) is 1. The van der Waals surface area contributed by atoms with Crippen LogP contribution in [0.1, 0.15) is 18.9 Å². The summed E-state index contributed by atoms with van der Waals surface area (Å²) in [6.45, 7) is 2.88. The fraction of sp³-hybridized carbons (Fsp3) is 0.333. The first-order chi connectivity index (χ1) is 9.74. The van der Waals surface area contributed by atoms with Crippen molar-refractivity contribution < 1.29 is 4.79 Å². The zero-order valence-corrected chi connectivity index (χ0v) is 11.6. The molecule has 1 heterocycles. The van der Waals surface area contributed by atoms with Gasteiger partial charge in [0.25, 0.3) is 0 Å². The summed E-state index contributed by atoms with van der Waals surface area (Å²) in [6.07, 6.45) is 2.49. The van der Waals surface area contributed by atoms with Gasteiger partial charge in [-0.25, -0.2) is 0 Å². The first kappa shape index (κ1) is 14.3. The van der Waals surface area contributed by atoms with Gasteiger partial charge in [-0.3, -0.25) is 9.89 Å². The molecule has 0 bridgehead atoms. The molecule has 2 aromatic rings. The van der Waals surface area contributed by atoms with Gasteiger partial charge in [0.05, 0.1) is 5.69 Å². The van der Waals surface area contributed by atoms with E-state index >= 15 is 0 Å². The molecule has 2 rings (SSSR count). The van der Waals surface area contributed by atoms with Crippen molar-refractivity contribution in [3.63, 3.8) is 0 Å². The van der Waals surface area contributed by atoms with Crippen molar-refractivity contribution >= 4 is 5.91 Å². The highest BCUT2D eigenvalue weighted by atomic mass is 16.1. The number of H-pyrrole nitrogens is 1. The van der Waals surface area contributed by atoms with E-state index in [0.29, 0.717) is 13.1 Å². The van der Waals surface area contributed by atoms with Crippen LogP contribution in [0.25, 0.3) is 11.3 Å². The molecular formula is C15H20N4O. The van der Waals surface area contributed by atoms with Gasteiger partial charge in [0.15, 0.2) is 0 Å². The predicted octanol–water partition coefficient (Wildman–Crippen LogP) is 1.68. The Morgan fingerprint density at radius 3 is 2.65 bits per heavy atom. The van der Waals surface area contributed by atoms with Gasteiger partial charge in [-0.15, -0.1) is 0 Å². The van der Waals surface area contributed by atoms with E-state index < -0.39 is 0 Å². The lowest BCUT2D eigenvalue weighted by atomic mass is 10.1. The molecule has 0 saturated heterocycles. The largest absolute Gasteiger partial charge is 0.352 e. The fourth-order valence-electron chi connectivity index (χ4n) is 2.01. The van der Waals surface area contributed by atoms with Gasteiger partial charge in [0, 0.05) is 25.2 Å². The number of carbonyl (C=O) groups excluding carboxylic acids is 1. The molecule has 0 saturated carbocycles. The molecule has 1 unspecified atom stereocenters. The third-order valence-corrected chi connectivity index (χ3v) is 3.38. The van der Waals surface area contributed by atoms with Crippen LogP contribution in [0.15, 0.2) is 36.5 Å².